The van der Waals surface area contributed by atoms with Gasteiger partial charge in [-0.05, 0) is 37.6 Å². The molecule has 4 rings (SSSR count). The second kappa shape index (κ2) is 8.31. The number of anilines is 1. The number of ether oxygens (including phenoxy) is 1. The predicted molar refractivity (Wildman–Crippen MR) is 113 cm³/mol. The predicted octanol–water partition coefficient (Wildman–Crippen LogP) is 3.85. The van der Waals surface area contributed by atoms with Gasteiger partial charge in [0.15, 0.2) is 0 Å². The third-order valence-electron chi connectivity index (χ3n) is 5.03. The van der Waals surface area contributed by atoms with Gasteiger partial charge in [-0.15, -0.1) is 0 Å². The Bertz CT molecular complexity index is 999. The molecule has 2 aromatic carbocycles. The van der Waals surface area contributed by atoms with E-state index < -0.39 is 0 Å². The van der Waals surface area contributed by atoms with Gasteiger partial charge in [-0.25, -0.2) is 4.98 Å². The summed E-state index contributed by atoms with van der Waals surface area (Å²) in [7, 11) is 0. The third-order valence-corrected chi connectivity index (χ3v) is 5.03. The smallest absolute Gasteiger partial charge is 0.254 e. The molecule has 1 aromatic heterocycles. The van der Waals surface area contributed by atoms with E-state index in [1.165, 1.54) is 0 Å². The number of carbonyl (C=O) groups excluding carboxylic acids is 1. The van der Waals surface area contributed by atoms with Gasteiger partial charge >= 0.3 is 0 Å². The lowest BCUT2D eigenvalue weighted by atomic mass is 10.1. The maximum atomic E-state index is 12.8. The van der Waals surface area contributed by atoms with Crippen molar-refractivity contribution in [2.75, 3.05) is 31.1 Å². The normalized spacial score (nSPS) is 14.0. The van der Waals surface area contributed by atoms with Crippen molar-refractivity contribution in [2.45, 2.75) is 13.8 Å². The van der Waals surface area contributed by atoms with E-state index >= 15 is 0 Å². The monoisotopic (exact) mass is 388 g/mol. The van der Waals surface area contributed by atoms with Crippen LogP contribution in [0, 0.1) is 13.8 Å². The number of amides is 1. The van der Waals surface area contributed by atoms with Gasteiger partial charge in [0.05, 0.1) is 0 Å². The van der Waals surface area contributed by atoms with Crippen molar-refractivity contribution in [1.29, 1.82) is 0 Å². The lowest BCUT2D eigenvalue weighted by Gasteiger charge is -2.35. The minimum absolute atomic E-state index is 0.0923. The number of hydrogen-bond acceptors (Lipinski definition) is 5. The first-order valence-corrected chi connectivity index (χ1v) is 9.78. The van der Waals surface area contributed by atoms with Crippen LogP contribution in [0.4, 0.5) is 5.82 Å². The molecule has 6 nitrogen and oxygen atoms in total. The summed E-state index contributed by atoms with van der Waals surface area (Å²) in [6.07, 6.45) is 0. The lowest BCUT2D eigenvalue weighted by molar-refractivity contribution is 0.0745. The Hall–Kier alpha value is -3.41. The number of para-hydroxylation sites is 1. The van der Waals surface area contributed by atoms with Crippen LogP contribution in [0.2, 0.25) is 0 Å². The van der Waals surface area contributed by atoms with Crippen LogP contribution in [0.5, 0.6) is 11.6 Å². The summed E-state index contributed by atoms with van der Waals surface area (Å²) in [5.74, 6) is 2.84. The summed E-state index contributed by atoms with van der Waals surface area (Å²) in [6.45, 7) is 6.59. The quantitative estimate of drug-likeness (QED) is 0.679. The van der Waals surface area contributed by atoms with Crippen molar-refractivity contribution < 1.29 is 9.53 Å². The fourth-order valence-corrected chi connectivity index (χ4v) is 3.47. The maximum absolute atomic E-state index is 12.8. The van der Waals surface area contributed by atoms with Crippen molar-refractivity contribution in [1.82, 2.24) is 14.9 Å². The molecule has 2 heterocycles. The van der Waals surface area contributed by atoms with Crippen molar-refractivity contribution in [3.8, 4) is 11.6 Å². The zero-order valence-electron chi connectivity index (χ0n) is 16.7. The van der Waals surface area contributed by atoms with Crippen LogP contribution >= 0.6 is 0 Å². The van der Waals surface area contributed by atoms with E-state index in [1.807, 2.05) is 79.4 Å². The van der Waals surface area contributed by atoms with Gasteiger partial charge < -0.3 is 14.5 Å². The molecule has 0 spiro atoms. The highest BCUT2D eigenvalue weighted by atomic mass is 16.5. The van der Waals surface area contributed by atoms with E-state index in [0.717, 1.165) is 35.8 Å². The van der Waals surface area contributed by atoms with Crippen LogP contribution in [0.25, 0.3) is 0 Å². The second-order valence-corrected chi connectivity index (χ2v) is 7.12. The van der Waals surface area contributed by atoms with Crippen LogP contribution in [-0.2, 0) is 0 Å². The zero-order chi connectivity index (χ0) is 20.2. The number of aromatic nitrogens is 2. The Balaban J connectivity index is 1.44. The molecule has 29 heavy (non-hydrogen) atoms. The summed E-state index contributed by atoms with van der Waals surface area (Å²) in [5, 5.41) is 0. The SMILES string of the molecule is Cc1nc(Oc2ccccc2)cc(N2CCN(C(=O)c3ccccc3C)CC2)n1. The molecule has 0 bridgehead atoms. The van der Waals surface area contributed by atoms with E-state index in [0.29, 0.717) is 24.8 Å². The Morgan fingerprint density at radius 1 is 0.897 bits per heavy atom. The van der Waals surface area contributed by atoms with E-state index in [9.17, 15) is 4.79 Å². The molecule has 0 atom stereocenters. The zero-order valence-corrected chi connectivity index (χ0v) is 16.7. The maximum Gasteiger partial charge on any atom is 0.254 e. The Kier molecular flexibility index (Phi) is 5.42. The molecule has 3 aromatic rings. The first-order chi connectivity index (χ1) is 14.1. The van der Waals surface area contributed by atoms with Crippen LogP contribution in [0.3, 0.4) is 0 Å². The van der Waals surface area contributed by atoms with Gasteiger partial charge in [0.1, 0.15) is 17.4 Å². The average Bonchev–Trinajstić information content (AvgIpc) is 2.74. The molecular weight excluding hydrogens is 364 g/mol. The average molecular weight is 388 g/mol. The van der Waals surface area contributed by atoms with Gasteiger partial charge in [-0.1, -0.05) is 36.4 Å². The van der Waals surface area contributed by atoms with Crippen LogP contribution in [0.1, 0.15) is 21.7 Å². The number of carbonyl (C=O) groups is 1. The Morgan fingerprint density at radius 2 is 1.59 bits per heavy atom. The number of aryl methyl sites for hydroxylation is 2. The molecule has 0 unspecified atom stereocenters. The number of hydrogen-bond donors (Lipinski definition) is 0. The number of piperazine rings is 1. The molecule has 0 radical (unpaired) electrons. The van der Waals surface area contributed by atoms with Crippen molar-refractivity contribution in [3.05, 3.63) is 77.6 Å². The molecule has 1 saturated heterocycles. The largest absolute Gasteiger partial charge is 0.439 e. The van der Waals surface area contributed by atoms with Crippen LogP contribution < -0.4 is 9.64 Å². The van der Waals surface area contributed by atoms with Crippen molar-refractivity contribution in [2.24, 2.45) is 0 Å². The fraction of sp³-hybridized carbons (Fsp3) is 0.261. The Morgan fingerprint density at radius 3 is 2.31 bits per heavy atom. The van der Waals surface area contributed by atoms with Gasteiger partial charge in [0.25, 0.3) is 5.91 Å². The molecular formula is C23H24N4O2. The summed E-state index contributed by atoms with van der Waals surface area (Å²) in [4.78, 5) is 25.9. The minimum atomic E-state index is 0.0923. The van der Waals surface area contributed by atoms with Crippen molar-refractivity contribution in [3.63, 3.8) is 0 Å². The molecule has 148 valence electrons. The lowest BCUT2D eigenvalue weighted by Crippen LogP contribution is -2.49. The van der Waals surface area contributed by atoms with Crippen molar-refractivity contribution >= 4 is 11.7 Å². The molecule has 0 N–H and O–H groups in total. The van der Waals surface area contributed by atoms with E-state index in [-0.39, 0.29) is 5.91 Å². The molecule has 1 aliphatic heterocycles. The number of benzene rings is 2. The van der Waals surface area contributed by atoms with Gasteiger partial charge in [0, 0.05) is 37.8 Å². The van der Waals surface area contributed by atoms with E-state index in [2.05, 4.69) is 14.9 Å². The topological polar surface area (TPSA) is 58.6 Å². The Labute approximate surface area is 170 Å². The first-order valence-electron chi connectivity index (χ1n) is 9.78. The molecule has 0 saturated carbocycles. The van der Waals surface area contributed by atoms with E-state index in [1.54, 1.807) is 0 Å². The number of rotatable bonds is 4. The molecule has 1 aliphatic rings. The number of nitrogens with zero attached hydrogens (tertiary/aromatic N) is 4. The van der Waals surface area contributed by atoms with Gasteiger partial charge in [-0.3, -0.25) is 4.79 Å². The third kappa shape index (κ3) is 4.37. The molecule has 0 aliphatic carbocycles. The van der Waals surface area contributed by atoms with Crippen LogP contribution in [-0.4, -0.2) is 47.0 Å². The van der Waals surface area contributed by atoms with Crippen LogP contribution in [0.15, 0.2) is 60.7 Å². The van der Waals surface area contributed by atoms with Gasteiger partial charge in [-0.2, -0.15) is 4.98 Å². The summed E-state index contributed by atoms with van der Waals surface area (Å²) >= 11 is 0. The molecule has 1 fully saturated rings. The van der Waals surface area contributed by atoms with Gasteiger partial charge in [0.2, 0.25) is 5.88 Å². The first kappa shape index (κ1) is 18.9. The fourth-order valence-electron chi connectivity index (χ4n) is 3.47. The summed E-state index contributed by atoms with van der Waals surface area (Å²) in [5.41, 5.74) is 1.78. The summed E-state index contributed by atoms with van der Waals surface area (Å²) < 4.78 is 5.88. The van der Waals surface area contributed by atoms with E-state index in [4.69, 9.17) is 4.74 Å². The standard InChI is InChI=1S/C23H24N4O2/c1-17-8-6-7-11-20(17)23(28)27-14-12-26(13-15-27)21-16-22(25-18(2)24-21)29-19-9-4-3-5-10-19/h3-11,16H,12-15H2,1-2H3. The highest BCUT2D eigenvalue weighted by molar-refractivity contribution is 5.95. The summed E-state index contributed by atoms with van der Waals surface area (Å²) in [6, 6.07) is 19.2. The minimum Gasteiger partial charge on any atom is -0.439 e. The second-order valence-electron chi connectivity index (χ2n) is 7.12. The molecule has 6 heteroatoms. The highest BCUT2D eigenvalue weighted by Gasteiger charge is 2.24. The highest BCUT2D eigenvalue weighted by Crippen LogP contribution is 2.24. The molecule has 1 amide bonds.